The number of carbonyl (C=O) groups is 3. The number of amides is 2. The summed E-state index contributed by atoms with van der Waals surface area (Å²) in [5.74, 6) is -6.14. The fraction of sp³-hybridized carbons (Fsp3) is 0.899. The summed E-state index contributed by atoms with van der Waals surface area (Å²) in [4.78, 5) is 38.8. The monoisotopic (exact) mass is 1600 g/mol. The number of aliphatic hydroxyl groups excluding tert-OH is 11. The molecule has 2 amide bonds. The Kier molecular flexibility index (Phi) is 61.5. The van der Waals surface area contributed by atoms with Crippen molar-refractivity contribution < 1.29 is 104 Å². The van der Waals surface area contributed by atoms with Gasteiger partial charge in [0.2, 0.25) is 11.8 Å². The van der Waals surface area contributed by atoms with Crippen LogP contribution in [0.1, 0.15) is 374 Å². The number of unbranched alkanes of at least 4 members (excludes halogenated alkanes) is 49. The summed E-state index contributed by atoms with van der Waals surface area (Å²) >= 11 is 0. The highest BCUT2D eigenvalue weighted by Gasteiger charge is 2.60. The fourth-order valence-corrected chi connectivity index (χ4v) is 15.7. The van der Waals surface area contributed by atoms with Crippen LogP contribution in [0.4, 0.5) is 0 Å². The van der Waals surface area contributed by atoms with Crippen LogP contribution in [0.5, 0.6) is 0 Å². The number of carboxylic acids is 1. The van der Waals surface area contributed by atoms with E-state index in [0.717, 1.165) is 58.3 Å². The van der Waals surface area contributed by atoms with Crippen molar-refractivity contribution in [2.75, 3.05) is 26.4 Å². The number of hydrogen-bond donors (Lipinski definition) is 14. The van der Waals surface area contributed by atoms with Crippen molar-refractivity contribution in [2.45, 2.75) is 484 Å². The second-order valence-electron chi connectivity index (χ2n) is 32.8. The van der Waals surface area contributed by atoms with Crippen molar-refractivity contribution in [1.29, 1.82) is 0 Å². The molecule has 112 heavy (non-hydrogen) atoms. The van der Waals surface area contributed by atoms with Gasteiger partial charge in [-0.05, 0) is 51.4 Å². The van der Waals surface area contributed by atoms with E-state index < -0.39 is 155 Å². The summed E-state index contributed by atoms with van der Waals surface area (Å²) in [6, 6.07) is -2.62. The van der Waals surface area contributed by atoms with E-state index in [0.29, 0.717) is 12.8 Å². The van der Waals surface area contributed by atoms with Gasteiger partial charge in [-0.25, -0.2) is 4.79 Å². The van der Waals surface area contributed by atoms with Crippen molar-refractivity contribution in [3.05, 3.63) is 36.5 Å². The Labute approximate surface area is 676 Å². The molecule has 0 radical (unpaired) electrons. The average molecular weight is 1600 g/mol. The molecule has 0 aromatic carbocycles. The van der Waals surface area contributed by atoms with Gasteiger partial charge in [0, 0.05) is 19.8 Å². The van der Waals surface area contributed by atoms with Crippen LogP contribution in [0, 0.1) is 0 Å². The zero-order chi connectivity index (χ0) is 81.7. The highest BCUT2D eigenvalue weighted by atomic mass is 16.8. The van der Waals surface area contributed by atoms with Crippen LogP contribution in [-0.2, 0) is 42.8 Å². The Hall–Kier alpha value is -3.05. The van der Waals surface area contributed by atoms with Gasteiger partial charge < -0.3 is 100 Å². The van der Waals surface area contributed by atoms with Gasteiger partial charge in [-0.15, -0.1) is 0 Å². The number of carbonyl (C=O) groups excluding carboxylic acids is 2. The summed E-state index contributed by atoms with van der Waals surface area (Å²) < 4.78 is 35.0. The third kappa shape index (κ3) is 45.2. The van der Waals surface area contributed by atoms with E-state index >= 15 is 0 Å². The van der Waals surface area contributed by atoms with E-state index in [1.165, 1.54) is 276 Å². The molecule has 0 aliphatic carbocycles. The number of rotatable bonds is 73. The number of nitrogens with one attached hydrogen (secondary N) is 2. The third-order valence-corrected chi connectivity index (χ3v) is 22.8. The summed E-state index contributed by atoms with van der Waals surface area (Å²) in [6.07, 6.45) is 50.6. The van der Waals surface area contributed by atoms with Crippen LogP contribution in [0.15, 0.2) is 36.5 Å². The minimum absolute atomic E-state index is 0.202. The molecule has 3 saturated heterocycles. The SMILES string of the molecule is CCCCCCCCCCCCCCC/C=C\C/C=C\CCCCCCCCCCCCCCCCCCCC(=O)NC(COC1OC(CO)C(OC2OC(CO)C(O)C(OC3(C(=O)O)CC(O)C(NC(C)=O)C(C(O)C(O)CO)O3)C2O)C(O)C1O)C(O)/C=C/CCCCCCCCCCCCCCCCCCCCC. The molecular formula is C89H164N2O21. The van der Waals surface area contributed by atoms with Gasteiger partial charge in [0.15, 0.2) is 12.6 Å². The summed E-state index contributed by atoms with van der Waals surface area (Å²) in [6.45, 7) is 2.20. The Morgan fingerprint density at radius 2 is 0.866 bits per heavy atom. The predicted octanol–water partition coefficient (Wildman–Crippen LogP) is 14.4. The molecule has 0 spiro atoms. The maximum atomic E-state index is 13.6. The summed E-state index contributed by atoms with van der Waals surface area (Å²) in [5.41, 5.74) is 0. The first-order chi connectivity index (χ1) is 54.4. The zero-order valence-corrected chi connectivity index (χ0v) is 70.0. The Morgan fingerprint density at radius 3 is 1.26 bits per heavy atom. The second-order valence-corrected chi connectivity index (χ2v) is 32.8. The minimum atomic E-state index is -3.08. The number of aliphatic hydroxyl groups is 11. The molecule has 3 fully saturated rings. The summed E-state index contributed by atoms with van der Waals surface area (Å²) in [5, 5.41) is 137. The van der Waals surface area contributed by atoms with Crippen molar-refractivity contribution >= 4 is 17.8 Å². The largest absolute Gasteiger partial charge is 0.477 e. The van der Waals surface area contributed by atoms with Gasteiger partial charge in [0.1, 0.15) is 67.1 Å². The van der Waals surface area contributed by atoms with E-state index in [4.69, 9.17) is 28.4 Å². The smallest absolute Gasteiger partial charge is 0.364 e. The van der Waals surface area contributed by atoms with Crippen LogP contribution < -0.4 is 10.6 Å². The Balaban J connectivity index is 1.43. The van der Waals surface area contributed by atoms with Crippen molar-refractivity contribution in [1.82, 2.24) is 10.6 Å². The maximum absolute atomic E-state index is 13.6. The van der Waals surface area contributed by atoms with Crippen LogP contribution in [0.2, 0.25) is 0 Å². The van der Waals surface area contributed by atoms with Crippen LogP contribution >= 0.6 is 0 Å². The fourth-order valence-electron chi connectivity index (χ4n) is 15.7. The summed E-state index contributed by atoms with van der Waals surface area (Å²) in [7, 11) is 0. The van der Waals surface area contributed by atoms with Gasteiger partial charge >= 0.3 is 5.97 Å². The van der Waals surface area contributed by atoms with Crippen LogP contribution in [0.25, 0.3) is 0 Å². The molecule has 0 saturated carbocycles. The quantitative estimate of drug-likeness (QED) is 0.0199. The lowest BCUT2D eigenvalue weighted by atomic mass is 9.88. The lowest BCUT2D eigenvalue weighted by Gasteiger charge is -2.50. The molecule has 18 unspecified atom stereocenters. The van der Waals surface area contributed by atoms with Gasteiger partial charge in [-0.2, -0.15) is 0 Å². The van der Waals surface area contributed by atoms with Gasteiger partial charge in [0.25, 0.3) is 5.79 Å². The highest BCUT2D eigenvalue weighted by molar-refractivity contribution is 5.77. The molecule has 0 aromatic heterocycles. The molecule has 3 rings (SSSR count). The second kappa shape index (κ2) is 66.8. The maximum Gasteiger partial charge on any atom is 0.364 e. The first kappa shape index (κ1) is 103. The normalized spacial score (nSPS) is 25.5. The van der Waals surface area contributed by atoms with E-state index in [9.17, 15) is 75.7 Å². The predicted molar refractivity (Wildman–Crippen MR) is 440 cm³/mol. The first-order valence-corrected chi connectivity index (χ1v) is 45.4. The van der Waals surface area contributed by atoms with E-state index in [1.54, 1.807) is 6.08 Å². The molecule has 23 nitrogen and oxygen atoms in total. The van der Waals surface area contributed by atoms with Gasteiger partial charge in [0.05, 0.1) is 50.7 Å². The van der Waals surface area contributed by atoms with Gasteiger partial charge in [-0.1, -0.05) is 339 Å². The van der Waals surface area contributed by atoms with Gasteiger partial charge in [-0.3, -0.25) is 9.59 Å². The standard InChI is InChI=1S/C89H164N2O21/c1-4-6-8-10-12-14-16-18-20-22-24-26-27-28-29-30-31-32-33-34-35-36-37-38-39-40-41-43-45-47-49-51-53-55-57-59-61-63-76(99)91-70(71(96)62-60-58-56-54-52-50-48-46-44-42-25-23-21-19-17-15-13-11-9-7-5-2)68-107-86-81(103)80(102)83(75(67-94)109-86)110-87-82(104)85(79(101)74(66-93)108-87)112-89(88(105)106)64-72(97)77(90-69(3)95)84(111-89)78(100)73(98)65-92/h29-30,32-33,60,62,70-75,77-87,92-94,96-98,100-104H,4-28,31,34-59,61,63-68H2,1-3H3,(H,90,95)(H,91,99)(H,105,106)/b30-29-,33-32-,62-60+. The van der Waals surface area contributed by atoms with Crippen molar-refractivity contribution in [3.8, 4) is 0 Å². The lowest BCUT2D eigenvalue weighted by molar-refractivity contribution is -0.386. The van der Waals surface area contributed by atoms with Crippen molar-refractivity contribution in [3.63, 3.8) is 0 Å². The Bertz CT molecular complexity index is 2360. The van der Waals surface area contributed by atoms with Crippen molar-refractivity contribution in [2.24, 2.45) is 0 Å². The minimum Gasteiger partial charge on any atom is -0.477 e. The van der Waals surface area contributed by atoms with E-state index in [2.05, 4.69) is 48.8 Å². The highest BCUT2D eigenvalue weighted by Crippen LogP contribution is 2.39. The topological polar surface area (TPSA) is 373 Å². The number of aliphatic carboxylic acids is 1. The Morgan fingerprint density at radius 1 is 0.473 bits per heavy atom. The molecular weight excluding hydrogens is 1430 g/mol. The molecule has 3 aliphatic rings. The molecule has 0 aromatic rings. The molecule has 3 heterocycles. The molecule has 0 bridgehead atoms. The molecule has 656 valence electrons. The zero-order valence-electron chi connectivity index (χ0n) is 70.0. The number of carboxylic acid groups (broad SMARTS) is 1. The average Bonchev–Trinajstić information content (AvgIpc) is 0.754. The molecule has 14 N–H and O–H groups in total. The van der Waals surface area contributed by atoms with E-state index in [1.807, 2.05) is 6.08 Å². The van der Waals surface area contributed by atoms with Crippen LogP contribution in [-0.4, -0.2) is 215 Å². The first-order valence-electron chi connectivity index (χ1n) is 45.4. The lowest BCUT2D eigenvalue weighted by Crippen LogP contribution is -2.70. The molecule has 23 heteroatoms. The number of allylic oxidation sites excluding steroid dienone is 5. The van der Waals surface area contributed by atoms with E-state index in [-0.39, 0.29) is 12.3 Å². The molecule has 3 aliphatic heterocycles. The van der Waals surface area contributed by atoms with Crippen LogP contribution in [0.3, 0.4) is 0 Å². The third-order valence-electron chi connectivity index (χ3n) is 22.8. The molecule has 18 atom stereocenters. The number of ether oxygens (including phenoxy) is 6. The number of hydrogen-bond acceptors (Lipinski definition) is 20.